The molecule has 1 saturated heterocycles. The van der Waals surface area contributed by atoms with E-state index in [1.807, 2.05) is 38.1 Å². The van der Waals surface area contributed by atoms with Gasteiger partial charge in [-0.1, -0.05) is 24.3 Å². The zero-order valence-electron chi connectivity index (χ0n) is 11.2. The SMILES string of the molecule is CC1(C)OCC(c2ccccc2C2(C(=O)O)CC2)O1. The third-order valence-electron chi connectivity index (χ3n) is 3.99. The molecule has 0 bridgehead atoms. The number of carboxylic acid groups (broad SMARTS) is 1. The minimum absolute atomic E-state index is 0.178. The van der Waals surface area contributed by atoms with Crippen LogP contribution in [0.1, 0.15) is 43.9 Å². The highest BCUT2D eigenvalue weighted by Crippen LogP contribution is 2.51. The molecule has 1 aliphatic heterocycles. The van der Waals surface area contributed by atoms with Crippen molar-refractivity contribution >= 4 is 5.97 Å². The highest BCUT2D eigenvalue weighted by Gasteiger charge is 2.53. The second-order valence-corrected chi connectivity index (χ2v) is 5.79. The van der Waals surface area contributed by atoms with Crippen LogP contribution in [-0.4, -0.2) is 23.5 Å². The van der Waals surface area contributed by atoms with Gasteiger partial charge < -0.3 is 14.6 Å². The minimum atomic E-state index is -0.738. The van der Waals surface area contributed by atoms with E-state index in [2.05, 4.69) is 0 Å². The molecular weight excluding hydrogens is 244 g/mol. The smallest absolute Gasteiger partial charge is 0.314 e. The van der Waals surface area contributed by atoms with Crippen molar-refractivity contribution < 1.29 is 19.4 Å². The lowest BCUT2D eigenvalue weighted by Crippen LogP contribution is -2.23. The number of carbonyl (C=O) groups is 1. The number of carboxylic acids is 1. The second kappa shape index (κ2) is 4.05. The molecule has 1 saturated carbocycles. The van der Waals surface area contributed by atoms with Crippen molar-refractivity contribution in [1.29, 1.82) is 0 Å². The van der Waals surface area contributed by atoms with Gasteiger partial charge in [-0.25, -0.2) is 0 Å². The van der Waals surface area contributed by atoms with E-state index in [4.69, 9.17) is 9.47 Å². The van der Waals surface area contributed by atoms with E-state index in [0.29, 0.717) is 19.4 Å². The van der Waals surface area contributed by atoms with Gasteiger partial charge in [0.05, 0.1) is 12.0 Å². The maximum atomic E-state index is 11.5. The third kappa shape index (κ3) is 2.05. The van der Waals surface area contributed by atoms with E-state index in [-0.39, 0.29) is 6.10 Å². The van der Waals surface area contributed by atoms with Gasteiger partial charge >= 0.3 is 5.97 Å². The Morgan fingerprint density at radius 2 is 2.00 bits per heavy atom. The van der Waals surface area contributed by atoms with Crippen LogP contribution in [0.15, 0.2) is 24.3 Å². The van der Waals surface area contributed by atoms with Crippen LogP contribution < -0.4 is 0 Å². The molecule has 0 radical (unpaired) electrons. The molecule has 0 aromatic heterocycles. The number of ether oxygens (including phenoxy) is 2. The lowest BCUT2D eigenvalue weighted by Gasteiger charge is -2.21. The largest absolute Gasteiger partial charge is 0.481 e. The third-order valence-corrected chi connectivity index (χ3v) is 3.99. The molecule has 102 valence electrons. The molecule has 4 heteroatoms. The van der Waals surface area contributed by atoms with Gasteiger partial charge in [0.2, 0.25) is 0 Å². The van der Waals surface area contributed by atoms with Crippen LogP contribution in [-0.2, 0) is 19.7 Å². The zero-order valence-corrected chi connectivity index (χ0v) is 11.2. The van der Waals surface area contributed by atoms with Crippen molar-refractivity contribution in [3.63, 3.8) is 0 Å². The highest BCUT2D eigenvalue weighted by molar-refractivity contribution is 5.85. The average Bonchev–Trinajstić information content (AvgIpc) is 3.09. The summed E-state index contributed by atoms with van der Waals surface area (Å²) in [6.07, 6.45) is 1.23. The van der Waals surface area contributed by atoms with Gasteiger partial charge in [-0.3, -0.25) is 4.79 Å². The van der Waals surface area contributed by atoms with Crippen LogP contribution >= 0.6 is 0 Å². The van der Waals surface area contributed by atoms with Gasteiger partial charge in [0.25, 0.3) is 0 Å². The number of benzene rings is 1. The Balaban J connectivity index is 1.98. The first-order valence-corrected chi connectivity index (χ1v) is 6.59. The standard InChI is InChI=1S/C15H18O4/c1-14(2)18-9-12(19-14)10-5-3-4-6-11(10)15(7-8-15)13(16)17/h3-6,12H,7-9H2,1-2H3,(H,16,17). The Kier molecular flexibility index (Phi) is 2.69. The van der Waals surface area contributed by atoms with Crippen molar-refractivity contribution in [2.45, 2.75) is 44.0 Å². The molecule has 2 aliphatic rings. The van der Waals surface area contributed by atoms with E-state index in [9.17, 15) is 9.90 Å². The van der Waals surface area contributed by atoms with Gasteiger partial charge in [0.15, 0.2) is 5.79 Å². The summed E-state index contributed by atoms with van der Waals surface area (Å²) in [5, 5.41) is 9.46. The highest BCUT2D eigenvalue weighted by atomic mass is 16.7. The van der Waals surface area contributed by atoms with Gasteiger partial charge in [0, 0.05) is 0 Å². The van der Waals surface area contributed by atoms with Crippen LogP contribution in [0.4, 0.5) is 0 Å². The van der Waals surface area contributed by atoms with Gasteiger partial charge in [-0.2, -0.15) is 0 Å². The zero-order chi connectivity index (χ0) is 13.7. The topological polar surface area (TPSA) is 55.8 Å². The Hall–Kier alpha value is -1.39. The predicted molar refractivity (Wildman–Crippen MR) is 68.8 cm³/mol. The van der Waals surface area contributed by atoms with Crippen LogP contribution in [0.5, 0.6) is 0 Å². The molecule has 0 amide bonds. The fourth-order valence-corrected chi connectivity index (χ4v) is 2.78. The van der Waals surface area contributed by atoms with Crippen molar-refractivity contribution in [2.75, 3.05) is 6.61 Å². The summed E-state index contributed by atoms with van der Waals surface area (Å²) in [6.45, 7) is 4.22. The summed E-state index contributed by atoms with van der Waals surface area (Å²) in [5.74, 6) is -1.34. The van der Waals surface area contributed by atoms with Crippen LogP contribution in [0.3, 0.4) is 0 Å². The molecule has 1 atom stereocenters. The van der Waals surface area contributed by atoms with E-state index in [0.717, 1.165) is 11.1 Å². The van der Waals surface area contributed by atoms with E-state index >= 15 is 0 Å². The molecule has 1 heterocycles. The normalized spacial score (nSPS) is 27.2. The average molecular weight is 262 g/mol. The molecule has 1 aromatic carbocycles. The maximum absolute atomic E-state index is 11.5. The molecule has 0 spiro atoms. The Morgan fingerprint density at radius 3 is 2.53 bits per heavy atom. The van der Waals surface area contributed by atoms with Gasteiger partial charge in [-0.05, 0) is 37.8 Å². The summed E-state index contributed by atoms with van der Waals surface area (Å²) in [5.41, 5.74) is 1.13. The second-order valence-electron chi connectivity index (χ2n) is 5.79. The first-order valence-electron chi connectivity index (χ1n) is 6.59. The number of hydrogen-bond acceptors (Lipinski definition) is 3. The Morgan fingerprint density at radius 1 is 1.32 bits per heavy atom. The molecular formula is C15H18O4. The predicted octanol–water partition coefficient (Wildman–Crippen LogP) is 2.63. The van der Waals surface area contributed by atoms with E-state index in [1.54, 1.807) is 0 Å². The van der Waals surface area contributed by atoms with Crippen molar-refractivity contribution in [3.05, 3.63) is 35.4 Å². The number of hydrogen-bond donors (Lipinski definition) is 1. The van der Waals surface area contributed by atoms with Gasteiger partial charge in [0.1, 0.15) is 6.10 Å². The maximum Gasteiger partial charge on any atom is 0.314 e. The van der Waals surface area contributed by atoms with Crippen molar-refractivity contribution in [2.24, 2.45) is 0 Å². The monoisotopic (exact) mass is 262 g/mol. The van der Waals surface area contributed by atoms with E-state index in [1.165, 1.54) is 0 Å². The lowest BCUT2D eigenvalue weighted by atomic mass is 9.89. The summed E-state index contributed by atoms with van der Waals surface area (Å²) in [6, 6.07) is 7.67. The lowest BCUT2D eigenvalue weighted by molar-refractivity contribution is -0.140. The van der Waals surface area contributed by atoms with Crippen LogP contribution in [0.25, 0.3) is 0 Å². The molecule has 1 unspecified atom stereocenters. The molecule has 2 fully saturated rings. The van der Waals surface area contributed by atoms with Crippen molar-refractivity contribution in [1.82, 2.24) is 0 Å². The molecule has 1 aromatic rings. The molecule has 1 N–H and O–H groups in total. The number of rotatable bonds is 3. The summed E-state index contributed by atoms with van der Waals surface area (Å²) >= 11 is 0. The summed E-state index contributed by atoms with van der Waals surface area (Å²) < 4.78 is 11.4. The molecule has 3 rings (SSSR count). The Labute approximate surface area is 112 Å². The van der Waals surface area contributed by atoms with Gasteiger partial charge in [-0.15, -0.1) is 0 Å². The molecule has 1 aliphatic carbocycles. The quantitative estimate of drug-likeness (QED) is 0.909. The molecule has 19 heavy (non-hydrogen) atoms. The van der Waals surface area contributed by atoms with Crippen molar-refractivity contribution in [3.8, 4) is 0 Å². The minimum Gasteiger partial charge on any atom is -0.481 e. The Bertz CT molecular complexity index is 517. The summed E-state index contributed by atoms with van der Waals surface area (Å²) in [7, 11) is 0. The fourth-order valence-electron chi connectivity index (χ4n) is 2.78. The van der Waals surface area contributed by atoms with E-state index < -0.39 is 17.2 Å². The fraction of sp³-hybridized carbons (Fsp3) is 0.533. The number of aliphatic carboxylic acids is 1. The first kappa shape index (κ1) is 12.6. The first-order chi connectivity index (χ1) is 8.95. The molecule has 4 nitrogen and oxygen atoms in total. The van der Waals surface area contributed by atoms with Crippen LogP contribution in [0.2, 0.25) is 0 Å². The van der Waals surface area contributed by atoms with Crippen LogP contribution in [0, 0.1) is 0 Å². The summed E-state index contributed by atoms with van der Waals surface area (Å²) in [4.78, 5) is 11.5.